The van der Waals surface area contributed by atoms with Gasteiger partial charge < -0.3 is 13.3 Å². The lowest BCUT2D eigenvalue weighted by Crippen LogP contribution is -2.45. The van der Waals surface area contributed by atoms with E-state index in [4.69, 9.17) is 13.3 Å². The molecular weight excluding hydrogens is 244 g/mol. The molecular formula is C14H32O3Si. The van der Waals surface area contributed by atoms with E-state index in [-0.39, 0.29) is 0 Å². The van der Waals surface area contributed by atoms with Gasteiger partial charge in [-0.1, -0.05) is 27.2 Å². The summed E-state index contributed by atoms with van der Waals surface area (Å²) in [6, 6.07) is 0.943. The van der Waals surface area contributed by atoms with Crippen LogP contribution in [0.25, 0.3) is 0 Å². The largest absolute Gasteiger partial charge is 0.500 e. The minimum absolute atomic E-state index is 0.410. The van der Waals surface area contributed by atoms with Crippen molar-refractivity contribution in [2.24, 2.45) is 5.41 Å². The Morgan fingerprint density at radius 1 is 0.778 bits per heavy atom. The van der Waals surface area contributed by atoms with Crippen LogP contribution in [-0.2, 0) is 13.3 Å². The Hall–Kier alpha value is 0.0969. The molecule has 110 valence electrons. The maximum atomic E-state index is 5.84. The molecule has 0 unspecified atom stereocenters. The van der Waals surface area contributed by atoms with Gasteiger partial charge in [-0.2, -0.15) is 0 Å². The van der Waals surface area contributed by atoms with Gasteiger partial charge in [0.1, 0.15) is 0 Å². The second-order valence-corrected chi connectivity index (χ2v) is 8.48. The molecule has 0 aromatic carbocycles. The van der Waals surface area contributed by atoms with Crippen LogP contribution in [-0.4, -0.2) is 28.6 Å². The topological polar surface area (TPSA) is 27.7 Å². The predicted octanol–water partition coefficient (Wildman–Crippen LogP) is 4.25. The lowest BCUT2D eigenvalue weighted by molar-refractivity contribution is 0.0704. The first kappa shape index (κ1) is 18.1. The van der Waals surface area contributed by atoms with Crippen LogP contribution in [0, 0.1) is 5.41 Å². The number of hydrogen-bond acceptors (Lipinski definition) is 3. The molecule has 0 aromatic rings. The van der Waals surface area contributed by atoms with Crippen molar-refractivity contribution in [3.05, 3.63) is 0 Å². The third-order valence-corrected chi connectivity index (χ3v) is 5.90. The van der Waals surface area contributed by atoms with Gasteiger partial charge in [0.05, 0.1) is 0 Å². The van der Waals surface area contributed by atoms with Gasteiger partial charge in [0.2, 0.25) is 0 Å². The molecule has 0 atom stereocenters. The van der Waals surface area contributed by atoms with Gasteiger partial charge in [-0.05, 0) is 39.0 Å². The third kappa shape index (κ3) is 8.24. The van der Waals surface area contributed by atoms with Crippen molar-refractivity contribution in [3.63, 3.8) is 0 Å². The molecule has 0 bridgehead atoms. The van der Waals surface area contributed by atoms with E-state index in [1.165, 1.54) is 12.8 Å². The monoisotopic (exact) mass is 276 g/mol. The van der Waals surface area contributed by atoms with Gasteiger partial charge in [-0.25, -0.2) is 0 Å². The van der Waals surface area contributed by atoms with Crippen molar-refractivity contribution < 1.29 is 13.3 Å². The molecule has 0 fully saturated rings. The molecule has 3 nitrogen and oxygen atoms in total. The summed E-state index contributed by atoms with van der Waals surface area (Å²) in [6.45, 7) is 14.9. The van der Waals surface area contributed by atoms with Gasteiger partial charge in [-0.15, -0.1) is 0 Å². The summed E-state index contributed by atoms with van der Waals surface area (Å²) in [5, 5.41) is 0. The summed E-state index contributed by atoms with van der Waals surface area (Å²) in [7, 11) is -2.39. The summed E-state index contributed by atoms with van der Waals surface area (Å²) in [5.41, 5.74) is 0.410. The molecule has 4 heteroatoms. The summed E-state index contributed by atoms with van der Waals surface area (Å²) >= 11 is 0. The van der Waals surface area contributed by atoms with Gasteiger partial charge in [0.15, 0.2) is 0 Å². The Morgan fingerprint density at radius 3 is 1.56 bits per heavy atom. The fraction of sp³-hybridized carbons (Fsp3) is 1.00. The predicted molar refractivity (Wildman–Crippen MR) is 78.7 cm³/mol. The zero-order valence-corrected chi connectivity index (χ0v) is 14.2. The molecule has 0 aliphatic rings. The van der Waals surface area contributed by atoms with Crippen LogP contribution in [0.4, 0.5) is 0 Å². The van der Waals surface area contributed by atoms with Gasteiger partial charge in [0, 0.05) is 25.9 Å². The lowest BCUT2D eigenvalue weighted by atomic mass is 9.90. The zero-order valence-electron chi connectivity index (χ0n) is 13.2. The fourth-order valence-electron chi connectivity index (χ4n) is 2.00. The van der Waals surface area contributed by atoms with Gasteiger partial charge in [0.25, 0.3) is 0 Å². The lowest BCUT2D eigenvalue weighted by Gasteiger charge is -2.28. The Labute approximate surface area is 115 Å². The Balaban J connectivity index is 4.21. The number of unbranched alkanes of at least 4 members (excludes halogenated alkanes) is 1. The minimum atomic E-state index is -2.39. The van der Waals surface area contributed by atoms with E-state index < -0.39 is 8.80 Å². The summed E-state index contributed by atoms with van der Waals surface area (Å²) in [5.74, 6) is 0. The molecule has 0 spiro atoms. The van der Waals surface area contributed by atoms with Crippen LogP contribution in [0.15, 0.2) is 0 Å². The van der Waals surface area contributed by atoms with E-state index in [0.717, 1.165) is 12.5 Å². The quantitative estimate of drug-likeness (QED) is 0.441. The molecule has 0 N–H and O–H groups in total. The van der Waals surface area contributed by atoms with E-state index >= 15 is 0 Å². The molecule has 0 heterocycles. The highest BCUT2D eigenvalue weighted by Gasteiger charge is 2.39. The summed E-state index contributed by atoms with van der Waals surface area (Å²) in [6.07, 6.45) is 3.58. The number of hydrogen-bond donors (Lipinski definition) is 0. The first-order valence-electron chi connectivity index (χ1n) is 7.31. The molecule has 0 aromatic heterocycles. The maximum Gasteiger partial charge on any atom is 0.500 e. The van der Waals surface area contributed by atoms with Crippen molar-refractivity contribution in [1.29, 1.82) is 0 Å². The smallest absolute Gasteiger partial charge is 0.374 e. The minimum Gasteiger partial charge on any atom is -0.374 e. The van der Waals surface area contributed by atoms with Crippen LogP contribution in [0.2, 0.25) is 6.04 Å². The van der Waals surface area contributed by atoms with E-state index in [0.29, 0.717) is 25.2 Å². The molecule has 0 saturated carbocycles. The first-order valence-corrected chi connectivity index (χ1v) is 9.24. The number of rotatable bonds is 10. The van der Waals surface area contributed by atoms with E-state index in [9.17, 15) is 0 Å². The van der Waals surface area contributed by atoms with Crippen molar-refractivity contribution in [3.8, 4) is 0 Å². The summed E-state index contributed by atoms with van der Waals surface area (Å²) in [4.78, 5) is 0. The van der Waals surface area contributed by atoms with E-state index in [1.54, 1.807) is 0 Å². The van der Waals surface area contributed by atoms with Crippen LogP contribution in [0.3, 0.4) is 0 Å². The van der Waals surface area contributed by atoms with E-state index in [2.05, 4.69) is 20.8 Å². The SMILES string of the molecule is CCO[Si](CCCCC(C)(C)C)(OCC)OCC. The zero-order chi connectivity index (χ0) is 14.1. The highest BCUT2D eigenvalue weighted by Crippen LogP contribution is 2.25. The second kappa shape index (κ2) is 9.07. The van der Waals surface area contributed by atoms with Crippen molar-refractivity contribution >= 4 is 8.80 Å². The average Bonchev–Trinajstić information content (AvgIpc) is 2.24. The molecule has 0 rings (SSSR count). The Bertz CT molecular complexity index is 185. The first-order chi connectivity index (χ1) is 8.39. The molecule has 0 radical (unpaired) electrons. The molecule has 0 saturated heterocycles. The molecule has 0 aliphatic heterocycles. The van der Waals surface area contributed by atoms with Crippen molar-refractivity contribution in [1.82, 2.24) is 0 Å². The van der Waals surface area contributed by atoms with Crippen LogP contribution < -0.4 is 0 Å². The summed E-state index contributed by atoms with van der Waals surface area (Å²) < 4.78 is 17.5. The Morgan fingerprint density at radius 2 is 1.22 bits per heavy atom. The fourth-order valence-corrected chi connectivity index (χ4v) is 4.68. The second-order valence-electron chi connectivity index (χ2n) is 5.75. The Kier molecular flexibility index (Phi) is 9.12. The van der Waals surface area contributed by atoms with Gasteiger partial charge >= 0.3 is 8.80 Å². The average molecular weight is 276 g/mol. The standard InChI is InChI=1S/C14H32O3Si/c1-7-15-18(16-8-2,17-9-3)13-11-10-12-14(4,5)6/h7-13H2,1-6H3. The third-order valence-electron chi connectivity index (χ3n) is 2.75. The normalized spacial score (nSPS) is 13.0. The molecule has 0 aliphatic carbocycles. The molecule has 0 amide bonds. The van der Waals surface area contributed by atoms with Crippen LogP contribution in [0.5, 0.6) is 0 Å². The maximum absolute atomic E-state index is 5.84. The molecule has 18 heavy (non-hydrogen) atoms. The van der Waals surface area contributed by atoms with Crippen molar-refractivity contribution in [2.45, 2.75) is 66.8 Å². The highest BCUT2D eigenvalue weighted by atomic mass is 28.4. The highest BCUT2D eigenvalue weighted by molar-refractivity contribution is 6.60. The van der Waals surface area contributed by atoms with Gasteiger partial charge in [-0.3, -0.25) is 0 Å². The van der Waals surface area contributed by atoms with Crippen LogP contribution in [0.1, 0.15) is 60.8 Å². The van der Waals surface area contributed by atoms with Crippen LogP contribution >= 0.6 is 0 Å². The van der Waals surface area contributed by atoms with E-state index in [1.807, 2.05) is 20.8 Å². The van der Waals surface area contributed by atoms with Crippen molar-refractivity contribution in [2.75, 3.05) is 19.8 Å².